The molecule has 0 aliphatic carbocycles. The number of nitrogens with one attached hydrogen (secondary N) is 2. The van der Waals surface area contributed by atoms with Crippen LogP contribution in [0.2, 0.25) is 0 Å². The zero-order valence-corrected chi connectivity index (χ0v) is 14.8. The van der Waals surface area contributed by atoms with Crippen molar-refractivity contribution in [3.05, 3.63) is 70.0 Å². The highest BCUT2D eigenvalue weighted by molar-refractivity contribution is 6.39. The Morgan fingerprint density at radius 3 is 2.33 bits per heavy atom. The van der Waals surface area contributed by atoms with Crippen LogP contribution in [0.3, 0.4) is 0 Å². The lowest BCUT2D eigenvalue weighted by atomic mass is 10.1. The first-order valence-corrected chi connectivity index (χ1v) is 8.04. The molecule has 0 bridgehead atoms. The molecule has 0 aliphatic heterocycles. The van der Waals surface area contributed by atoms with Crippen molar-refractivity contribution in [2.24, 2.45) is 0 Å². The molecule has 0 radical (unpaired) electrons. The number of nitro groups is 1. The molecule has 2 aromatic rings. The van der Waals surface area contributed by atoms with Crippen molar-refractivity contribution in [2.45, 2.75) is 6.04 Å². The molecule has 2 rings (SSSR count). The summed E-state index contributed by atoms with van der Waals surface area (Å²) in [6.07, 6.45) is 0. The molecule has 142 valence electrons. The highest BCUT2D eigenvalue weighted by Crippen LogP contribution is 2.23. The van der Waals surface area contributed by atoms with Gasteiger partial charge in [-0.25, -0.2) is 4.39 Å². The van der Waals surface area contributed by atoms with Gasteiger partial charge in [-0.15, -0.1) is 0 Å². The predicted molar refractivity (Wildman–Crippen MR) is 97.6 cm³/mol. The molecule has 0 aliphatic rings. The molecule has 9 heteroatoms. The molecule has 1 unspecified atom stereocenters. The topological polar surface area (TPSA) is 105 Å². The lowest BCUT2D eigenvalue weighted by molar-refractivity contribution is -0.383. The molecule has 27 heavy (non-hydrogen) atoms. The van der Waals surface area contributed by atoms with Gasteiger partial charge in [-0.2, -0.15) is 0 Å². The van der Waals surface area contributed by atoms with E-state index in [1.54, 1.807) is 26.2 Å². The van der Waals surface area contributed by atoms with Crippen LogP contribution in [0.1, 0.15) is 11.6 Å². The fourth-order valence-corrected chi connectivity index (χ4v) is 2.47. The molecule has 2 N–H and O–H groups in total. The standard InChI is InChI=1S/C18H19FN4O4/c1-22(2)16(12-7-9-13(19)10-8-12)11-20-17(24)18(25)21-14-5-3-4-6-15(14)23(26)27/h3-10,16H,11H2,1-2H3,(H,20,24)(H,21,25). The Hall–Kier alpha value is -3.33. The fourth-order valence-electron chi connectivity index (χ4n) is 2.47. The van der Waals surface area contributed by atoms with Crippen molar-refractivity contribution < 1.29 is 18.9 Å². The summed E-state index contributed by atoms with van der Waals surface area (Å²) in [5.74, 6) is -2.31. The minimum Gasteiger partial charge on any atom is -0.346 e. The van der Waals surface area contributed by atoms with Gasteiger partial charge in [-0.05, 0) is 37.9 Å². The highest BCUT2D eigenvalue weighted by Gasteiger charge is 2.21. The third-order valence-electron chi connectivity index (χ3n) is 3.89. The molecule has 0 fully saturated rings. The van der Waals surface area contributed by atoms with E-state index in [-0.39, 0.29) is 29.8 Å². The smallest absolute Gasteiger partial charge is 0.313 e. The molecule has 0 heterocycles. The van der Waals surface area contributed by atoms with Crippen LogP contribution in [-0.2, 0) is 9.59 Å². The zero-order valence-electron chi connectivity index (χ0n) is 14.8. The molecule has 2 amide bonds. The van der Waals surface area contributed by atoms with Gasteiger partial charge in [0.25, 0.3) is 5.69 Å². The van der Waals surface area contributed by atoms with Gasteiger partial charge < -0.3 is 15.5 Å². The first-order valence-electron chi connectivity index (χ1n) is 8.04. The van der Waals surface area contributed by atoms with E-state index in [4.69, 9.17) is 0 Å². The number of rotatable bonds is 6. The minimum absolute atomic E-state index is 0.0645. The summed E-state index contributed by atoms with van der Waals surface area (Å²) in [7, 11) is 3.57. The van der Waals surface area contributed by atoms with Crippen molar-refractivity contribution in [3.8, 4) is 0 Å². The number of hydrogen-bond donors (Lipinski definition) is 2. The molecule has 0 saturated heterocycles. The summed E-state index contributed by atoms with van der Waals surface area (Å²) in [4.78, 5) is 36.2. The fraction of sp³-hybridized carbons (Fsp3) is 0.222. The summed E-state index contributed by atoms with van der Waals surface area (Å²) < 4.78 is 13.1. The zero-order chi connectivity index (χ0) is 20.0. The van der Waals surface area contributed by atoms with Gasteiger partial charge in [0.1, 0.15) is 11.5 Å². The van der Waals surface area contributed by atoms with E-state index in [2.05, 4.69) is 10.6 Å². The van der Waals surface area contributed by atoms with Gasteiger partial charge in [0, 0.05) is 12.6 Å². The van der Waals surface area contributed by atoms with Crippen molar-refractivity contribution in [2.75, 3.05) is 26.0 Å². The Morgan fingerprint density at radius 2 is 1.74 bits per heavy atom. The monoisotopic (exact) mass is 374 g/mol. The number of carbonyl (C=O) groups excluding carboxylic acids is 2. The molecule has 8 nitrogen and oxygen atoms in total. The second-order valence-corrected chi connectivity index (χ2v) is 5.97. The van der Waals surface area contributed by atoms with Crippen LogP contribution in [0.4, 0.5) is 15.8 Å². The number of carbonyl (C=O) groups is 2. The van der Waals surface area contributed by atoms with Crippen LogP contribution in [-0.4, -0.2) is 42.3 Å². The SMILES string of the molecule is CN(C)C(CNC(=O)C(=O)Nc1ccccc1[N+](=O)[O-])c1ccc(F)cc1. The highest BCUT2D eigenvalue weighted by atomic mass is 19.1. The number of hydrogen-bond acceptors (Lipinski definition) is 5. The normalized spacial score (nSPS) is 11.7. The van der Waals surface area contributed by atoms with Crippen molar-refractivity contribution in [1.29, 1.82) is 0 Å². The molecular weight excluding hydrogens is 355 g/mol. The second kappa shape index (κ2) is 8.86. The Bertz CT molecular complexity index is 840. The maximum Gasteiger partial charge on any atom is 0.313 e. The number of nitrogens with zero attached hydrogens (tertiary/aromatic N) is 2. The first-order chi connectivity index (χ1) is 12.8. The van der Waals surface area contributed by atoms with Gasteiger partial charge >= 0.3 is 11.8 Å². The molecule has 2 aromatic carbocycles. The lowest BCUT2D eigenvalue weighted by Gasteiger charge is -2.25. The summed E-state index contributed by atoms with van der Waals surface area (Å²) in [6, 6.07) is 11.1. The van der Waals surface area contributed by atoms with E-state index in [0.29, 0.717) is 0 Å². The third kappa shape index (κ3) is 5.32. The maximum absolute atomic E-state index is 13.1. The number of halogens is 1. The number of para-hydroxylation sites is 2. The summed E-state index contributed by atoms with van der Waals surface area (Å²) in [6.45, 7) is 0.0990. The second-order valence-electron chi connectivity index (χ2n) is 5.97. The summed E-state index contributed by atoms with van der Waals surface area (Å²) >= 11 is 0. The Balaban J connectivity index is 2.02. The van der Waals surface area contributed by atoms with E-state index in [9.17, 15) is 24.1 Å². The van der Waals surface area contributed by atoms with E-state index in [1.807, 2.05) is 4.90 Å². The van der Waals surface area contributed by atoms with E-state index < -0.39 is 16.7 Å². The Morgan fingerprint density at radius 1 is 1.11 bits per heavy atom. The van der Waals surface area contributed by atoms with Crippen LogP contribution in [0, 0.1) is 15.9 Å². The average Bonchev–Trinajstić information content (AvgIpc) is 2.63. The first kappa shape index (κ1) is 20.0. The van der Waals surface area contributed by atoms with Crippen molar-refractivity contribution in [3.63, 3.8) is 0 Å². The van der Waals surface area contributed by atoms with Gasteiger partial charge in [0.15, 0.2) is 0 Å². The molecule has 0 saturated carbocycles. The number of likely N-dealkylation sites (N-methyl/N-ethyl adjacent to an activating group) is 1. The number of benzene rings is 2. The lowest BCUT2D eigenvalue weighted by Crippen LogP contribution is -2.40. The van der Waals surface area contributed by atoms with E-state index in [0.717, 1.165) is 5.56 Å². The van der Waals surface area contributed by atoms with Crippen LogP contribution >= 0.6 is 0 Å². The van der Waals surface area contributed by atoms with Crippen LogP contribution in [0.5, 0.6) is 0 Å². The predicted octanol–water partition coefficient (Wildman–Crippen LogP) is 2.09. The maximum atomic E-state index is 13.1. The Kier molecular flexibility index (Phi) is 6.56. The van der Waals surface area contributed by atoms with Gasteiger partial charge in [-0.1, -0.05) is 24.3 Å². The number of anilines is 1. The van der Waals surface area contributed by atoms with Crippen LogP contribution in [0.15, 0.2) is 48.5 Å². The largest absolute Gasteiger partial charge is 0.346 e. The van der Waals surface area contributed by atoms with E-state index >= 15 is 0 Å². The summed E-state index contributed by atoms with van der Waals surface area (Å²) in [5.41, 5.74) is 0.391. The summed E-state index contributed by atoms with van der Waals surface area (Å²) in [5, 5.41) is 15.7. The number of amides is 2. The quantitative estimate of drug-likeness (QED) is 0.458. The Labute approximate surface area is 155 Å². The molecule has 0 spiro atoms. The van der Waals surface area contributed by atoms with Crippen molar-refractivity contribution >= 4 is 23.2 Å². The average molecular weight is 374 g/mol. The molecular formula is C18H19FN4O4. The minimum atomic E-state index is -1.01. The van der Waals surface area contributed by atoms with Gasteiger partial charge in [0.05, 0.1) is 11.0 Å². The van der Waals surface area contributed by atoms with Crippen molar-refractivity contribution in [1.82, 2.24) is 10.2 Å². The third-order valence-corrected chi connectivity index (χ3v) is 3.89. The van der Waals surface area contributed by atoms with Crippen LogP contribution < -0.4 is 10.6 Å². The molecule has 1 atom stereocenters. The number of nitro benzene ring substituents is 1. The van der Waals surface area contributed by atoms with Gasteiger partial charge in [0.2, 0.25) is 0 Å². The van der Waals surface area contributed by atoms with E-state index in [1.165, 1.54) is 36.4 Å². The molecule has 0 aromatic heterocycles. The van der Waals surface area contributed by atoms with Gasteiger partial charge in [-0.3, -0.25) is 19.7 Å². The van der Waals surface area contributed by atoms with Crippen LogP contribution in [0.25, 0.3) is 0 Å².